The van der Waals surface area contributed by atoms with Crippen molar-refractivity contribution in [3.63, 3.8) is 0 Å². The lowest BCUT2D eigenvalue weighted by Gasteiger charge is -2.41. The number of aromatic nitrogens is 3. The van der Waals surface area contributed by atoms with E-state index in [-0.39, 0.29) is 18.0 Å². The summed E-state index contributed by atoms with van der Waals surface area (Å²) in [6, 6.07) is 12.5. The van der Waals surface area contributed by atoms with Gasteiger partial charge in [0.2, 0.25) is 5.91 Å². The molecule has 2 saturated heterocycles. The Morgan fingerprint density at radius 2 is 1.87 bits per heavy atom. The lowest BCUT2D eigenvalue weighted by molar-refractivity contribution is -0.135. The monoisotopic (exact) mass is 398 g/mol. The van der Waals surface area contributed by atoms with Gasteiger partial charge in [0.15, 0.2) is 5.82 Å². The maximum atomic E-state index is 12.7. The fourth-order valence-corrected chi connectivity index (χ4v) is 5.06. The first-order valence-electron chi connectivity index (χ1n) is 10.6. The van der Waals surface area contributed by atoms with Crippen LogP contribution in [-0.2, 0) is 4.79 Å². The van der Waals surface area contributed by atoms with Crippen LogP contribution in [0.4, 0.5) is 5.82 Å². The summed E-state index contributed by atoms with van der Waals surface area (Å²) in [5.41, 5.74) is 3.60. The predicted molar refractivity (Wildman–Crippen MR) is 112 cm³/mol. The SMILES string of the molecule is N#Cc1cccc(-c2cc3c(N4CC5CCC(C4)N5C(=O)C4CC4)ncnn3c2)c1. The molecular weight excluding hydrogens is 376 g/mol. The summed E-state index contributed by atoms with van der Waals surface area (Å²) < 4.78 is 1.86. The fourth-order valence-electron chi connectivity index (χ4n) is 5.06. The molecule has 2 aliphatic heterocycles. The van der Waals surface area contributed by atoms with Crippen molar-refractivity contribution in [2.24, 2.45) is 5.92 Å². The van der Waals surface area contributed by atoms with Gasteiger partial charge in [0.25, 0.3) is 0 Å². The van der Waals surface area contributed by atoms with E-state index < -0.39 is 0 Å². The Hall–Kier alpha value is -3.40. The van der Waals surface area contributed by atoms with E-state index in [9.17, 15) is 10.1 Å². The van der Waals surface area contributed by atoms with Crippen LogP contribution in [0.25, 0.3) is 16.6 Å². The second-order valence-corrected chi connectivity index (χ2v) is 8.64. The molecule has 7 heteroatoms. The van der Waals surface area contributed by atoms with Gasteiger partial charge in [-0.3, -0.25) is 4.79 Å². The molecular formula is C23H22N6O. The van der Waals surface area contributed by atoms with Crippen LogP contribution in [-0.4, -0.2) is 50.6 Å². The molecule has 150 valence electrons. The smallest absolute Gasteiger partial charge is 0.226 e. The number of anilines is 1. The van der Waals surface area contributed by atoms with Crippen LogP contribution in [0.1, 0.15) is 31.2 Å². The molecule has 0 N–H and O–H groups in total. The number of carbonyl (C=O) groups excluding carboxylic acids is 1. The number of carbonyl (C=O) groups is 1. The summed E-state index contributed by atoms with van der Waals surface area (Å²) >= 11 is 0. The summed E-state index contributed by atoms with van der Waals surface area (Å²) in [4.78, 5) is 21.9. The molecule has 30 heavy (non-hydrogen) atoms. The summed E-state index contributed by atoms with van der Waals surface area (Å²) in [7, 11) is 0. The number of benzene rings is 1. The number of nitriles is 1. The van der Waals surface area contributed by atoms with Crippen LogP contribution in [0, 0.1) is 17.2 Å². The Labute approximate surface area is 174 Å². The van der Waals surface area contributed by atoms with Crippen LogP contribution in [0.5, 0.6) is 0 Å². The molecule has 3 aliphatic rings. The maximum absolute atomic E-state index is 12.7. The zero-order valence-electron chi connectivity index (χ0n) is 16.6. The van der Waals surface area contributed by atoms with Crippen molar-refractivity contribution in [2.75, 3.05) is 18.0 Å². The third-order valence-electron chi connectivity index (χ3n) is 6.67. The Morgan fingerprint density at radius 1 is 1.07 bits per heavy atom. The summed E-state index contributed by atoms with van der Waals surface area (Å²) in [5.74, 6) is 1.57. The van der Waals surface area contributed by atoms with E-state index in [4.69, 9.17) is 0 Å². The highest BCUT2D eigenvalue weighted by Crippen LogP contribution is 2.39. The van der Waals surface area contributed by atoms with Crippen LogP contribution in [0.2, 0.25) is 0 Å². The number of hydrogen-bond acceptors (Lipinski definition) is 5. The van der Waals surface area contributed by atoms with Gasteiger partial charge in [-0.15, -0.1) is 0 Å². The predicted octanol–water partition coefficient (Wildman–Crippen LogP) is 2.86. The molecule has 2 atom stereocenters. The molecule has 0 spiro atoms. The normalized spacial score (nSPS) is 23.0. The largest absolute Gasteiger partial charge is 0.351 e. The molecule has 2 aromatic heterocycles. The number of amides is 1. The van der Waals surface area contributed by atoms with Crippen LogP contribution < -0.4 is 4.90 Å². The summed E-state index contributed by atoms with van der Waals surface area (Å²) in [6.45, 7) is 1.65. The molecule has 7 nitrogen and oxygen atoms in total. The number of nitrogens with zero attached hydrogens (tertiary/aromatic N) is 6. The average Bonchev–Trinajstić information content (AvgIpc) is 3.48. The molecule has 3 fully saturated rings. The Bertz CT molecular complexity index is 1180. The molecule has 1 aliphatic carbocycles. The average molecular weight is 398 g/mol. The highest BCUT2D eigenvalue weighted by atomic mass is 16.2. The van der Waals surface area contributed by atoms with Gasteiger partial charge in [-0.1, -0.05) is 12.1 Å². The van der Waals surface area contributed by atoms with Crippen molar-refractivity contribution in [3.8, 4) is 17.2 Å². The zero-order chi connectivity index (χ0) is 20.2. The topological polar surface area (TPSA) is 77.5 Å². The van der Waals surface area contributed by atoms with E-state index in [0.29, 0.717) is 11.5 Å². The van der Waals surface area contributed by atoms with Gasteiger partial charge in [0, 0.05) is 42.9 Å². The van der Waals surface area contributed by atoms with E-state index in [1.165, 1.54) is 0 Å². The van der Waals surface area contributed by atoms with Gasteiger partial charge in [0.05, 0.1) is 11.6 Å². The van der Waals surface area contributed by atoms with Crippen molar-refractivity contribution < 1.29 is 4.79 Å². The Balaban J connectivity index is 1.33. The van der Waals surface area contributed by atoms with Gasteiger partial charge < -0.3 is 9.80 Å². The first kappa shape index (κ1) is 17.5. The van der Waals surface area contributed by atoms with Gasteiger partial charge in [-0.2, -0.15) is 10.4 Å². The first-order valence-corrected chi connectivity index (χ1v) is 10.6. The van der Waals surface area contributed by atoms with E-state index in [1.54, 1.807) is 6.33 Å². The molecule has 2 unspecified atom stereocenters. The Morgan fingerprint density at radius 3 is 2.60 bits per heavy atom. The second-order valence-electron chi connectivity index (χ2n) is 8.64. The van der Waals surface area contributed by atoms with Crippen LogP contribution >= 0.6 is 0 Å². The lowest BCUT2D eigenvalue weighted by Crippen LogP contribution is -2.56. The third-order valence-corrected chi connectivity index (χ3v) is 6.67. The molecule has 3 aromatic rings. The minimum absolute atomic E-state index is 0.280. The quantitative estimate of drug-likeness (QED) is 0.678. The van der Waals surface area contributed by atoms with Crippen molar-refractivity contribution in [2.45, 2.75) is 37.8 Å². The highest BCUT2D eigenvalue weighted by Gasteiger charge is 2.46. The van der Waals surface area contributed by atoms with Gasteiger partial charge >= 0.3 is 0 Å². The van der Waals surface area contributed by atoms with Crippen molar-refractivity contribution in [3.05, 3.63) is 48.4 Å². The van der Waals surface area contributed by atoms with Crippen molar-refractivity contribution >= 4 is 17.2 Å². The number of rotatable bonds is 3. The van der Waals surface area contributed by atoms with Crippen molar-refractivity contribution in [1.82, 2.24) is 19.5 Å². The van der Waals surface area contributed by atoms with Crippen LogP contribution in [0.15, 0.2) is 42.9 Å². The van der Waals surface area contributed by atoms with E-state index in [1.807, 2.05) is 35.0 Å². The molecule has 6 rings (SSSR count). The number of fused-ring (bicyclic) bond motifs is 3. The minimum atomic E-state index is 0.280. The standard InChI is InChI=1S/C23H22N6O/c24-10-15-2-1-3-17(8-15)18-9-21-22(25-14-26-28(21)11-18)27-12-19-6-7-20(13-27)29(19)23(30)16-4-5-16/h1-3,8-9,11,14,16,19-20H,4-7,12-13H2. The van der Waals surface area contributed by atoms with Crippen LogP contribution in [0.3, 0.4) is 0 Å². The molecule has 0 radical (unpaired) electrons. The third kappa shape index (κ3) is 2.75. The van der Waals surface area contributed by atoms with E-state index in [0.717, 1.165) is 61.2 Å². The highest BCUT2D eigenvalue weighted by molar-refractivity contribution is 5.83. The number of hydrogen-bond donors (Lipinski definition) is 0. The molecule has 1 aromatic carbocycles. The number of piperazine rings is 1. The molecule has 1 saturated carbocycles. The molecule has 2 bridgehead atoms. The van der Waals surface area contributed by atoms with Crippen molar-refractivity contribution in [1.29, 1.82) is 5.26 Å². The van der Waals surface area contributed by atoms with Gasteiger partial charge in [0.1, 0.15) is 11.8 Å². The van der Waals surface area contributed by atoms with Gasteiger partial charge in [-0.05, 0) is 49.4 Å². The molecule has 4 heterocycles. The lowest BCUT2D eigenvalue weighted by atomic mass is 10.1. The first-order chi connectivity index (χ1) is 14.7. The Kier molecular flexibility index (Phi) is 3.82. The van der Waals surface area contributed by atoms with Gasteiger partial charge in [-0.25, -0.2) is 9.50 Å². The minimum Gasteiger partial charge on any atom is -0.351 e. The molecule has 1 amide bonds. The zero-order valence-corrected chi connectivity index (χ0v) is 16.6. The maximum Gasteiger partial charge on any atom is 0.226 e. The summed E-state index contributed by atoms with van der Waals surface area (Å²) in [6.07, 6.45) is 7.86. The fraction of sp³-hybridized carbons (Fsp3) is 0.391. The van der Waals surface area contributed by atoms with E-state index >= 15 is 0 Å². The second kappa shape index (κ2) is 6.56. The van der Waals surface area contributed by atoms with E-state index in [2.05, 4.69) is 32.0 Å². The summed E-state index contributed by atoms with van der Waals surface area (Å²) in [5, 5.41) is 13.6.